The van der Waals surface area contributed by atoms with Gasteiger partial charge in [0.15, 0.2) is 12.3 Å². The summed E-state index contributed by atoms with van der Waals surface area (Å²) < 4.78 is 68.5. The largest absolute Gasteiger partial charge is 0.748 e. The second-order valence-electron chi connectivity index (χ2n) is 12.0. The van der Waals surface area contributed by atoms with E-state index in [0.717, 1.165) is 42.8 Å². The number of ether oxygens (including phenoxy) is 1. The molecule has 0 bridgehead atoms. The Hall–Kier alpha value is -3.69. The fourth-order valence-corrected chi connectivity index (χ4v) is 8.00. The molecule has 5 aromatic rings. The quantitative estimate of drug-likeness (QED) is 0.0504. The van der Waals surface area contributed by atoms with Crippen molar-refractivity contribution in [3.05, 3.63) is 95.8 Å². The van der Waals surface area contributed by atoms with Crippen molar-refractivity contribution in [2.24, 2.45) is 0 Å². The van der Waals surface area contributed by atoms with Gasteiger partial charge in [0.2, 0.25) is 11.4 Å². The predicted molar refractivity (Wildman–Crippen MR) is 206 cm³/mol. The van der Waals surface area contributed by atoms with Crippen molar-refractivity contribution in [1.82, 2.24) is 4.90 Å². The predicted octanol–water partition coefficient (Wildman–Crippen LogP) is 7.42. The summed E-state index contributed by atoms with van der Waals surface area (Å²) in [7, 11) is -4.35. The Morgan fingerprint density at radius 1 is 0.941 bits per heavy atom. The fraction of sp³-hybridized carbons (Fsp3) is 0.342. The van der Waals surface area contributed by atoms with Crippen LogP contribution in [0.25, 0.3) is 38.2 Å². The molecule has 1 aliphatic heterocycles. The zero-order valence-corrected chi connectivity index (χ0v) is 31.6. The van der Waals surface area contributed by atoms with Crippen LogP contribution in [0.4, 0.5) is 5.69 Å². The van der Waals surface area contributed by atoms with Crippen LogP contribution in [0, 0.1) is 0 Å². The molecule has 10 nitrogen and oxygen atoms in total. The minimum absolute atomic E-state index is 0.153. The van der Waals surface area contributed by atoms with E-state index in [1.54, 1.807) is 11.3 Å². The Labute approximate surface area is 307 Å². The SMILES string of the molecule is CCN(CC)CC.O=S(O)OCCCCN1C(=Cc2sc3ccc4ccccc4c3[n+]2CCCS(=O)(=O)[O-])Oc2ccc(-c3ccccc3)cc21. The summed E-state index contributed by atoms with van der Waals surface area (Å²) in [5.74, 6) is 0.868. The molecule has 1 unspecified atom stereocenters. The molecule has 51 heavy (non-hydrogen) atoms. The number of nitrogens with zero attached hydrogens (tertiary/aromatic N) is 3. The average molecular weight is 752 g/mol. The molecular formula is C38H45N3O7S3. The minimum Gasteiger partial charge on any atom is -0.748 e. The molecule has 0 aliphatic carbocycles. The highest BCUT2D eigenvalue weighted by Gasteiger charge is 2.30. The molecule has 0 spiro atoms. The van der Waals surface area contributed by atoms with Crippen LogP contribution >= 0.6 is 11.3 Å². The third-order valence-electron chi connectivity index (χ3n) is 8.78. The van der Waals surface area contributed by atoms with Gasteiger partial charge >= 0.3 is 11.4 Å². The second kappa shape index (κ2) is 18.2. The molecule has 6 rings (SSSR count). The molecule has 13 heteroatoms. The highest BCUT2D eigenvalue weighted by Crippen LogP contribution is 2.42. The molecule has 272 valence electrons. The first-order valence-corrected chi connectivity index (χ1v) is 20.6. The smallest absolute Gasteiger partial charge is 0.301 e. The van der Waals surface area contributed by atoms with Crippen molar-refractivity contribution in [3.63, 3.8) is 0 Å². The topological polar surface area (TPSA) is 123 Å². The van der Waals surface area contributed by atoms with Gasteiger partial charge < -0.3 is 19.1 Å². The minimum atomic E-state index is -4.35. The van der Waals surface area contributed by atoms with E-state index in [9.17, 15) is 17.2 Å². The lowest BCUT2D eigenvalue weighted by Gasteiger charge is -2.18. The Balaban J connectivity index is 0.000000654. The van der Waals surface area contributed by atoms with Gasteiger partial charge in [-0.3, -0.25) is 8.74 Å². The van der Waals surface area contributed by atoms with E-state index in [-0.39, 0.29) is 13.0 Å². The highest BCUT2D eigenvalue weighted by molar-refractivity contribution is 7.85. The number of anilines is 1. The molecule has 0 radical (unpaired) electrons. The van der Waals surface area contributed by atoms with E-state index in [1.165, 1.54) is 19.6 Å². The standard InChI is InChI=1S/C32H30N2O7S3.C6H15N/c35-43(36)40-19-7-6-17-33-27-21-25(23-9-2-1-3-10-23)13-15-28(27)41-30(33)22-31-34(18-8-20-44(37,38)39)32-26-12-5-4-11-24(26)14-16-29(32)42-31;1-4-7(5-2)6-3/h1-5,9-16,21-22H,6-8,17-20H2,(H-,35,36,37,38,39);4-6H2,1-3H3. The maximum Gasteiger partial charge on any atom is 0.301 e. The number of hydrogen-bond donors (Lipinski definition) is 1. The molecule has 1 atom stereocenters. The van der Waals surface area contributed by atoms with Crippen molar-refractivity contribution in [2.45, 2.75) is 46.6 Å². The van der Waals surface area contributed by atoms with E-state index in [0.29, 0.717) is 37.6 Å². The van der Waals surface area contributed by atoms with Gasteiger partial charge in [0.1, 0.15) is 4.70 Å². The van der Waals surface area contributed by atoms with Crippen LogP contribution in [0.15, 0.2) is 90.8 Å². The number of fused-ring (bicyclic) bond motifs is 4. The van der Waals surface area contributed by atoms with Crippen LogP contribution in [0.1, 0.15) is 45.0 Å². The molecule has 0 saturated carbocycles. The molecule has 1 aromatic heterocycles. The van der Waals surface area contributed by atoms with Gasteiger partial charge in [0, 0.05) is 18.7 Å². The van der Waals surface area contributed by atoms with Crippen LogP contribution in [-0.4, -0.2) is 65.2 Å². The van der Waals surface area contributed by atoms with Gasteiger partial charge in [0.05, 0.1) is 33.9 Å². The van der Waals surface area contributed by atoms with Gasteiger partial charge in [-0.25, -0.2) is 8.42 Å². The molecular weight excluding hydrogens is 707 g/mol. The van der Waals surface area contributed by atoms with Gasteiger partial charge in [-0.2, -0.15) is 8.78 Å². The number of hydrogen-bond acceptors (Lipinski definition) is 9. The molecule has 1 aliphatic rings. The first kappa shape index (κ1) is 38.5. The zero-order chi connectivity index (χ0) is 36.4. The molecule has 0 saturated heterocycles. The first-order valence-electron chi connectivity index (χ1n) is 17.2. The lowest BCUT2D eigenvalue weighted by Crippen LogP contribution is -2.36. The van der Waals surface area contributed by atoms with Crippen LogP contribution < -0.4 is 14.2 Å². The second-order valence-corrected chi connectivity index (χ2v) is 15.2. The van der Waals surface area contributed by atoms with Crippen LogP contribution in [0.5, 0.6) is 5.75 Å². The Kier molecular flexibility index (Phi) is 13.7. The van der Waals surface area contributed by atoms with Crippen molar-refractivity contribution in [2.75, 3.05) is 43.4 Å². The third kappa shape index (κ3) is 10.2. The third-order valence-corrected chi connectivity index (χ3v) is 11.0. The maximum atomic E-state index is 11.4. The van der Waals surface area contributed by atoms with Crippen molar-refractivity contribution >= 4 is 65.6 Å². The van der Waals surface area contributed by atoms with Gasteiger partial charge in [0.25, 0.3) is 5.01 Å². The molecule has 0 fully saturated rings. The lowest BCUT2D eigenvalue weighted by molar-refractivity contribution is -0.667. The molecule has 4 aromatic carbocycles. The van der Waals surface area contributed by atoms with Crippen molar-refractivity contribution in [1.29, 1.82) is 0 Å². The summed E-state index contributed by atoms with van der Waals surface area (Å²) in [6.45, 7) is 11.2. The van der Waals surface area contributed by atoms with E-state index < -0.39 is 27.2 Å². The monoisotopic (exact) mass is 751 g/mol. The summed E-state index contributed by atoms with van der Waals surface area (Å²) in [6, 6.07) is 28.3. The average Bonchev–Trinajstić information content (AvgIpc) is 3.65. The number of aryl methyl sites for hydroxylation is 1. The van der Waals surface area contributed by atoms with E-state index >= 15 is 0 Å². The Morgan fingerprint density at radius 3 is 2.35 bits per heavy atom. The van der Waals surface area contributed by atoms with Crippen LogP contribution in [-0.2, 0) is 32.2 Å². The van der Waals surface area contributed by atoms with E-state index in [2.05, 4.69) is 65.5 Å². The van der Waals surface area contributed by atoms with Gasteiger partial charge in [-0.1, -0.05) is 92.8 Å². The van der Waals surface area contributed by atoms with E-state index in [1.807, 2.05) is 60.7 Å². The summed E-state index contributed by atoms with van der Waals surface area (Å²) in [4.78, 5) is 4.46. The van der Waals surface area contributed by atoms with Crippen molar-refractivity contribution < 1.29 is 35.2 Å². The van der Waals surface area contributed by atoms with Gasteiger partial charge in [-0.15, -0.1) is 0 Å². The Morgan fingerprint density at radius 2 is 1.67 bits per heavy atom. The lowest BCUT2D eigenvalue weighted by atomic mass is 10.0. The fourth-order valence-electron chi connectivity index (χ4n) is 6.13. The van der Waals surface area contributed by atoms with Crippen LogP contribution in [0.2, 0.25) is 0 Å². The Bertz CT molecular complexity index is 2080. The first-order chi connectivity index (χ1) is 24.6. The number of unbranched alkanes of at least 4 members (excludes halogenated alkanes) is 1. The highest BCUT2D eigenvalue weighted by atomic mass is 32.2. The number of rotatable bonds is 15. The number of benzene rings is 4. The summed E-state index contributed by atoms with van der Waals surface area (Å²) in [5, 5.41) is 2.96. The summed E-state index contributed by atoms with van der Waals surface area (Å²) in [6.07, 6.45) is 3.39. The number of aromatic nitrogens is 1. The molecule has 2 heterocycles. The van der Waals surface area contributed by atoms with E-state index in [4.69, 9.17) is 13.5 Å². The van der Waals surface area contributed by atoms with Crippen molar-refractivity contribution in [3.8, 4) is 16.9 Å². The molecule has 1 N–H and O–H groups in total. The normalized spacial score (nSPS) is 14.2. The summed E-state index contributed by atoms with van der Waals surface area (Å²) in [5.41, 5.74) is 4.00. The number of thiazole rings is 1. The van der Waals surface area contributed by atoms with Gasteiger partial charge in [-0.05, 0) is 73.3 Å². The zero-order valence-electron chi connectivity index (χ0n) is 29.2. The summed E-state index contributed by atoms with van der Waals surface area (Å²) >= 11 is -0.733. The molecule has 0 amide bonds. The maximum absolute atomic E-state index is 11.4. The van der Waals surface area contributed by atoms with Crippen LogP contribution in [0.3, 0.4) is 0 Å².